The van der Waals surface area contributed by atoms with E-state index in [9.17, 15) is 13.6 Å². The summed E-state index contributed by atoms with van der Waals surface area (Å²) in [5.74, 6) is -1.82. The molecule has 2 heterocycles. The first-order valence-corrected chi connectivity index (χ1v) is 8.43. The predicted molar refractivity (Wildman–Crippen MR) is 84.9 cm³/mol. The van der Waals surface area contributed by atoms with Gasteiger partial charge in [0.25, 0.3) is 5.91 Å². The molecule has 132 valence electrons. The summed E-state index contributed by atoms with van der Waals surface area (Å²) in [7, 11) is 0. The quantitative estimate of drug-likeness (QED) is 0.774. The zero-order chi connectivity index (χ0) is 17.3. The first kappa shape index (κ1) is 17.3. The Morgan fingerprint density at radius 2 is 2.08 bits per heavy atom. The first-order chi connectivity index (χ1) is 11.5. The van der Waals surface area contributed by atoms with E-state index < -0.39 is 11.6 Å². The van der Waals surface area contributed by atoms with Crippen LogP contribution in [0.25, 0.3) is 0 Å². The van der Waals surface area contributed by atoms with Crippen LogP contribution in [0.3, 0.4) is 0 Å². The third kappa shape index (κ3) is 3.05. The number of amides is 1. The molecular formula is C18H23F2NO3. The van der Waals surface area contributed by atoms with Gasteiger partial charge in [0.2, 0.25) is 0 Å². The van der Waals surface area contributed by atoms with Crippen LogP contribution in [0, 0.1) is 24.5 Å². The molecule has 2 fully saturated rings. The summed E-state index contributed by atoms with van der Waals surface area (Å²) in [6.07, 6.45) is 1.89. The summed E-state index contributed by atoms with van der Waals surface area (Å²) in [6.45, 7) is 6.67. The number of nitrogens with zero attached hydrogens (tertiary/aromatic N) is 1. The van der Waals surface area contributed by atoms with Crippen molar-refractivity contribution < 1.29 is 23.0 Å². The topological polar surface area (TPSA) is 38.8 Å². The highest BCUT2D eigenvalue weighted by molar-refractivity contribution is 5.96. The molecule has 3 rings (SSSR count). The standard InChI is InChI=1S/C18H23F2NO3/c1-3-23-6-4-13-5-7-24-18(13)10-21(11-18)17(22)14-9-16(20)15(19)8-12(14)2/h8-9,13H,3-7,10-11H2,1-2H3/t13-/m1/s1. The Labute approximate surface area is 140 Å². The number of aryl methyl sites for hydroxylation is 1. The number of carbonyl (C=O) groups is 1. The number of rotatable bonds is 5. The average molecular weight is 339 g/mol. The summed E-state index contributed by atoms with van der Waals surface area (Å²) in [6, 6.07) is 2.05. The van der Waals surface area contributed by atoms with Crippen molar-refractivity contribution in [1.29, 1.82) is 0 Å². The van der Waals surface area contributed by atoms with Crippen molar-refractivity contribution in [1.82, 2.24) is 4.90 Å². The molecule has 2 saturated heterocycles. The van der Waals surface area contributed by atoms with Gasteiger partial charge in [0.1, 0.15) is 5.60 Å². The monoisotopic (exact) mass is 339 g/mol. The van der Waals surface area contributed by atoms with Crippen LogP contribution in [0.1, 0.15) is 35.7 Å². The number of carbonyl (C=O) groups excluding carboxylic acids is 1. The van der Waals surface area contributed by atoms with Crippen LogP contribution >= 0.6 is 0 Å². The fraction of sp³-hybridized carbons (Fsp3) is 0.611. The molecule has 1 atom stereocenters. The van der Waals surface area contributed by atoms with Gasteiger partial charge in [-0.3, -0.25) is 4.79 Å². The Hall–Kier alpha value is -1.53. The minimum Gasteiger partial charge on any atom is -0.382 e. The SMILES string of the molecule is CCOCC[C@@H]1CCOC12CN(C(=O)c1cc(F)c(F)cc1C)C2. The molecule has 0 aliphatic carbocycles. The van der Waals surface area contributed by atoms with Crippen LogP contribution in [-0.2, 0) is 9.47 Å². The number of halogens is 2. The highest BCUT2D eigenvalue weighted by Crippen LogP contribution is 2.42. The van der Waals surface area contributed by atoms with Crippen LogP contribution in [0.2, 0.25) is 0 Å². The molecule has 1 spiro atoms. The van der Waals surface area contributed by atoms with Crippen LogP contribution in [0.15, 0.2) is 12.1 Å². The number of benzene rings is 1. The molecule has 0 saturated carbocycles. The molecule has 0 N–H and O–H groups in total. The molecule has 2 aliphatic rings. The molecule has 1 aromatic carbocycles. The van der Waals surface area contributed by atoms with Gasteiger partial charge in [0, 0.05) is 25.4 Å². The van der Waals surface area contributed by atoms with E-state index in [-0.39, 0.29) is 17.1 Å². The summed E-state index contributed by atoms with van der Waals surface area (Å²) in [4.78, 5) is 14.2. The smallest absolute Gasteiger partial charge is 0.254 e. The largest absolute Gasteiger partial charge is 0.382 e. The Balaban J connectivity index is 1.65. The third-order valence-corrected chi connectivity index (χ3v) is 5.12. The van der Waals surface area contributed by atoms with Gasteiger partial charge >= 0.3 is 0 Å². The van der Waals surface area contributed by atoms with Crippen molar-refractivity contribution >= 4 is 5.91 Å². The summed E-state index contributed by atoms with van der Waals surface area (Å²) >= 11 is 0. The van der Waals surface area contributed by atoms with E-state index in [4.69, 9.17) is 9.47 Å². The molecule has 4 nitrogen and oxygen atoms in total. The van der Waals surface area contributed by atoms with E-state index in [1.54, 1.807) is 11.8 Å². The van der Waals surface area contributed by atoms with E-state index in [1.807, 2.05) is 6.92 Å². The lowest BCUT2D eigenvalue weighted by Crippen LogP contribution is -2.66. The van der Waals surface area contributed by atoms with Gasteiger partial charge in [-0.25, -0.2) is 8.78 Å². The molecule has 1 aromatic rings. The van der Waals surface area contributed by atoms with Gasteiger partial charge < -0.3 is 14.4 Å². The van der Waals surface area contributed by atoms with Crippen molar-refractivity contribution in [3.8, 4) is 0 Å². The second kappa shape index (κ2) is 6.76. The molecule has 0 radical (unpaired) electrons. The van der Waals surface area contributed by atoms with Crippen LogP contribution < -0.4 is 0 Å². The van der Waals surface area contributed by atoms with Gasteiger partial charge in [0.05, 0.1) is 13.1 Å². The first-order valence-electron chi connectivity index (χ1n) is 8.43. The van der Waals surface area contributed by atoms with Crippen LogP contribution in [-0.4, -0.2) is 49.3 Å². The minimum atomic E-state index is -0.995. The Kier molecular flexibility index (Phi) is 4.88. The van der Waals surface area contributed by atoms with Crippen LogP contribution in [0.5, 0.6) is 0 Å². The molecule has 0 aromatic heterocycles. The number of likely N-dealkylation sites (tertiary alicyclic amines) is 1. The summed E-state index contributed by atoms with van der Waals surface area (Å²) in [5, 5.41) is 0. The fourth-order valence-electron chi connectivity index (χ4n) is 3.70. The normalized spacial score (nSPS) is 22.0. The second-order valence-electron chi connectivity index (χ2n) is 6.63. The number of hydrogen-bond donors (Lipinski definition) is 0. The van der Waals surface area contributed by atoms with E-state index in [0.29, 0.717) is 44.4 Å². The molecular weight excluding hydrogens is 316 g/mol. The lowest BCUT2D eigenvalue weighted by Gasteiger charge is -2.50. The number of ether oxygens (including phenoxy) is 2. The lowest BCUT2D eigenvalue weighted by atomic mass is 9.78. The zero-order valence-electron chi connectivity index (χ0n) is 14.1. The van der Waals surface area contributed by atoms with E-state index in [1.165, 1.54) is 0 Å². The van der Waals surface area contributed by atoms with Crippen LogP contribution in [0.4, 0.5) is 8.78 Å². The van der Waals surface area contributed by atoms with Gasteiger partial charge in [0.15, 0.2) is 11.6 Å². The summed E-state index contributed by atoms with van der Waals surface area (Å²) in [5.41, 5.74) is 0.367. The molecule has 0 unspecified atom stereocenters. The van der Waals surface area contributed by atoms with Crippen molar-refractivity contribution in [3.05, 3.63) is 34.9 Å². The van der Waals surface area contributed by atoms with Crippen molar-refractivity contribution in [3.63, 3.8) is 0 Å². The van der Waals surface area contributed by atoms with Gasteiger partial charge in [-0.05, 0) is 50.3 Å². The molecule has 24 heavy (non-hydrogen) atoms. The van der Waals surface area contributed by atoms with Crippen molar-refractivity contribution in [2.45, 2.75) is 32.3 Å². The minimum absolute atomic E-state index is 0.215. The Morgan fingerprint density at radius 1 is 1.38 bits per heavy atom. The number of hydrogen-bond acceptors (Lipinski definition) is 3. The maximum Gasteiger partial charge on any atom is 0.254 e. The zero-order valence-corrected chi connectivity index (χ0v) is 14.1. The molecule has 6 heteroatoms. The van der Waals surface area contributed by atoms with E-state index in [2.05, 4.69) is 0 Å². The van der Waals surface area contributed by atoms with E-state index in [0.717, 1.165) is 25.0 Å². The Morgan fingerprint density at radius 3 is 2.79 bits per heavy atom. The molecule has 0 bridgehead atoms. The highest BCUT2D eigenvalue weighted by Gasteiger charge is 2.54. The van der Waals surface area contributed by atoms with Gasteiger partial charge in [-0.2, -0.15) is 0 Å². The maximum atomic E-state index is 13.4. The maximum absolute atomic E-state index is 13.4. The predicted octanol–water partition coefficient (Wildman–Crippen LogP) is 2.93. The average Bonchev–Trinajstić information content (AvgIpc) is 2.93. The van der Waals surface area contributed by atoms with Gasteiger partial charge in [-0.15, -0.1) is 0 Å². The van der Waals surface area contributed by atoms with Crippen molar-refractivity contribution in [2.75, 3.05) is 32.9 Å². The Bertz CT molecular complexity index is 629. The lowest BCUT2D eigenvalue weighted by molar-refractivity contribution is -0.120. The fourth-order valence-corrected chi connectivity index (χ4v) is 3.70. The second-order valence-corrected chi connectivity index (χ2v) is 6.63. The van der Waals surface area contributed by atoms with Gasteiger partial charge in [-0.1, -0.05) is 0 Å². The van der Waals surface area contributed by atoms with Crippen molar-refractivity contribution in [2.24, 2.45) is 5.92 Å². The molecule has 1 amide bonds. The highest BCUT2D eigenvalue weighted by atomic mass is 19.2. The molecule has 2 aliphatic heterocycles. The van der Waals surface area contributed by atoms with E-state index >= 15 is 0 Å². The third-order valence-electron chi connectivity index (χ3n) is 5.12. The summed E-state index contributed by atoms with van der Waals surface area (Å²) < 4.78 is 38.0.